The number of phenols is 1. The van der Waals surface area contributed by atoms with E-state index in [2.05, 4.69) is 10.2 Å². The van der Waals surface area contributed by atoms with Gasteiger partial charge in [-0.05, 0) is 44.3 Å². The molecule has 2 N–H and O–H groups in total. The lowest BCUT2D eigenvalue weighted by atomic mass is 10.1. The Bertz CT molecular complexity index is 561. The second-order valence-electron chi connectivity index (χ2n) is 4.90. The largest absolute Gasteiger partial charge is 0.508 e. The highest BCUT2D eigenvalue weighted by Crippen LogP contribution is 2.14. The molecule has 0 spiro atoms. The minimum Gasteiger partial charge on any atom is -0.508 e. The van der Waals surface area contributed by atoms with Gasteiger partial charge < -0.3 is 15.3 Å². The number of rotatable bonds is 6. The maximum Gasteiger partial charge on any atom is 0.262 e. The number of carbonyl (C=O) groups excluding carboxylic acids is 1. The fraction of sp³-hybridized carbons (Fsp3) is 0.375. The van der Waals surface area contributed by atoms with Gasteiger partial charge in [0.2, 0.25) is 0 Å². The normalized spacial score (nSPS) is 12.8. The Morgan fingerprint density at radius 3 is 2.86 bits per heavy atom. The van der Waals surface area contributed by atoms with E-state index in [9.17, 15) is 9.90 Å². The van der Waals surface area contributed by atoms with Gasteiger partial charge in [-0.15, -0.1) is 0 Å². The molecule has 0 aliphatic carbocycles. The van der Waals surface area contributed by atoms with Crippen molar-refractivity contribution in [3.63, 3.8) is 0 Å². The number of likely N-dealkylation sites (N-methyl/N-ethyl adjacent to an activating group) is 1. The number of nitrogens with zero attached hydrogens (tertiary/aromatic N) is 2. The van der Waals surface area contributed by atoms with Crippen molar-refractivity contribution in [3.8, 4) is 11.8 Å². The SMILES string of the molecule is CCN(C)C(C)CNC(=O)/C(C#N)=C/c1cccc(O)c1. The molecule has 112 valence electrons. The molecule has 0 aliphatic rings. The molecule has 0 fully saturated rings. The lowest BCUT2D eigenvalue weighted by molar-refractivity contribution is -0.117. The fourth-order valence-electron chi connectivity index (χ4n) is 1.73. The van der Waals surface area contributed by atoms with Gasteiger partial charge in [-0.25, -0.2) is 0 Å². The number of benzene rings is 1. The summed E-state index contributed by atoms with van der Waals surface area (Å²) in [5, 5.41) is 21.2. The minimum atomic E-state index is -0.405. The number of carbonyl (C=O) groups is 1. The van der Waals surface area contributed by atoms with Crippen LogP contribution >= 0.6 is 0 Å². The van der Waals surface area contributed by atoms with Crippen LogP contribution in [0.5, 0.6) is 5.75 Å². The van der Waals surface area contributed by atoms with Crippen LogP contribution in [0.2, 0.25) is 0 Å². The highest BCUT2D eigenvalue weighted by Gasteiger charge is 2.12. The Morgan fingerprint density at radius 1 is 1.57 bits per heavy atom. The fourth-order valence-corrected chi connectivity index (χ4v) is 1.73. The first-order valence-corrected chi connectivity index (χ1v) is 6.87. The summed E-state index contributed by atoms with van der Waals surface area (Å²) in [6, 6.07) is 8.50. The van der Waals surface area contributed by atoms with Crippen molar-refractivity contribution in [3.05, 3.63) is 35.4 Å². The van der Waals surface area contributed by atoms with E-state index in [1.807, 2.05) is 27.0 Å². The van der Waals surface area contributed by atoms with E-state index in [-0.39, 0.29) is 17.4 Å². The van der Waals surface area contributed by atoms with Crippen LogP contribution in [0.4, 0.5) is 0 Å². The summed E-state index contributed by atoms with van der Waals surface area (Å²) < 4.78 is 0. The summed E-state index contributed by atoms with van der Waals surface area (Å²) in [5.74, 6) is -0.308. The van der Waals surface area contributed by atoms with Gasteiger partial charge in [0, 0.05) is 12.6 Å². The number of aromatic hydroxyl groups is 1. The highest BCUT2D eigenvalue weighted by atomic mass is 16.3. The summed E-state index contributed by atoms with van der Waals surface area (Å²) in [6.45, 7) is 5.42. The average molecular weight is 287 g/mol. The van der Waals surface area contributed by atoms with Crippen molar-refractivity contribution in [1.29, 1.82) is 5.26 Å². The molecule has 1 aromatic carbocycles. The van der Waals surface area contributed by atoms with Crippen molar-refractivity contribution in [1.82, 2.24) is 10.2 Å². The molecule has 1 aromatic rings. The molecule has 1 unspecified atom stereocenters. The van der Waals surface area contributed by atoms with Crippen molar-refractivity contribution in [2.75, 3.05) is 20.1 Å². The molecule has 5 heteroatoms. The first-order chi connectivity index (χ1) is 9.97. The van der Waals surface area contributed by atoms with Gasteiger partial charge in [-0.3, -0.25) is 4.79 Å². The van der Waals surface area contributed by atoms with Crippen LogP contribution in [-0.4, -0.2) is 42.1 Å². The van der Waals surface area contributed by atoms with E-state index in [1.54, 1.807) is 12.1 Å². The molecule has 1 rings (SSSR count). The summed E-state index contributed by atoms with van der Waals surface area (Å²) in [7, 11) is 1.98. The molecule has 5 nitrogen and oxygen atoms in total. The number of hydrogen-bond donors (Lipinski definition) is 2. The van der Waals surface area contributed by atoms with Crippen LogP contribution in [0, 0.1) is 11.3 Å². The maximum atomic E-state index is 12.0. The van der Waals surface area contributed by atoms with E-state index < -0.39 is 5.91 Å². The van der Waals surface area contributed by atoms with Crippen molar-refractivity contribution >= 4 is 12.0 Å². The van der Waals surface area contributed by atoms with Crippen molar-refractivity contribution < 1.29 is 9.90 Å². The van der Waals surface area contributed by atoms with Crippen LogP contribution in [0.25, 0.3) is 6.08 Å². The third-order valence-corrected chi connectivity index (χ3v) is 3.36. The summed E-state index contributed by atoms with van der Waals surface area (Å²) >= 11 is 0. The molecule has 1 amide bonds. The topological polar surface area (TPSA) is 76.4 Å². The van der Waals surface area contributed by atoms with Gasteiger partial charge in [0.25, 0.3) is 5.91 Å². The van der Waals surface area contributed by atoms with E-state index in [4.69, 9.17) is 5.26 Å². The van der Waals surface area contributed by atoms with E-state index in [0.717, 1.165) is 6.54 Å². The van der Waals surface area contributed by atoms with Gasteiger partial charge in [-0.2, -0.15) is 5.26 Å². The van der Waals surface area contributed by atoms with Crippen LogP contribution in [0.3, 0.4) is 0 Å². The molecule has 0 saturated carbocycles. The van der Waals surface area contributed by atoms with E-state index in [1.165, 1.54) is 18.2 Å². The number of nitrogens with one attached hydrogen (secondary N) is 1. The first-order valence-electron chi connectivity index (χ1n) is 6.87. The number of hydrogen-bond acceptors (Lipinski definition) is 4. The van der Waals surface area contributed by atoms with Crippen LogP contribution < -0.4 is 5.32 Å². The summed E-state index contributed by atoms with van der Waals surface area (Å²) in [6.07, 6.45) is 1.46. The van der Waals surface area contributed by atoms with Crippen molar-refractivity contribution in [2.45, 2.75) is 19.9 Å². The smallest absolute Gasteiger partial charge is 0.262 e. The van der Waals surface area contributed by atoms with Gasteiger partial charge in [0.15, 0.2) is 0 Å². The molecular formula is C16H21N3O2. The van der Waals surface area contributed by atoms with Crippen LogP contribution in [0.15, 0.2) is 29.8 Å². The lowest BCUT2D eigenvalue weighted by Crippen LogP contribution is -2.40. The molecule has 21 heavy (non-hydrogen) atoms. The third kappa shape index (κ3) is 5.28. The Kier molecular flexibility index (Phi) is 6.44. The summed E-state index contributed by atoms with van der Waals surface area (Å²) in [5.41, 5.74) is 0.632. The molecule has 0 aromatic heterocycles. The molecule has 0 aliphatic heterocycles. The molecule has 0 saturated heterocycles. The van der Waals surface area contributed by atoms with Gasteiger partial charge in [0.05, 0.1) is 0 Å². The molecule has 1 atom stereocenters. The Labute approximate surface area is 125 Å². The minimum absolute atomic E-state index is 0.0203. The van der Waals surface area contributed by atoms with Crippen molar-refractivity contribution in [2.24, 2.45) is 0 Å². The standard InChI is InChI=1S/C16H21N3O2/c1-4-19(3)12(2)11-18-16(21)14(10-17)8-13-6-5-7-15(20)9-13/h5-9,12,20H,4,11H2,1-3H3,(H,18,21)/b14-8+. The second kappa shape index (κ2) is 8.08. The average Bonchev–Trinajstić information content (AvgIpc) is 2.49. The monoisotopic (exact) mass is 287 g/mol. The number of amides is 1. The number of phenolic OH excluding ortho intramolecular Hbond substituents is 1. The van der Waals surface area contributed by atoms with Crippen LogP contribution in [0.1, 0.15) is 19.4 Å². The zero-order valence-electron chi connectivity index (χ0n) is 12.6. The van der Waals surface area contributed by atoms with Gasteiger partial charge in [0.1, 0.15) is 17.4 Å². The molecular weight excluding hydrogens is 266 g/mol. The molecule has 0 bridgehead atoms. The zero-order valence-corrected chi connectivity index (χ0v) is 12.6. The Morgan fingerprint density at radius 2 is 2.29 bits per heavy atom. The highest BCUT2D eigenvalue weighted by molar-refractivity contribution is 6.01. The summed E-state index contributed by atoms with van der Waals surface area (Å²) in [4.78, 5) is 14.1. The third-order valence-electron chi connectivity index (χ3n) is 3.36. The predicted molar refractivity (Wildman–Crippen MR) is 82.5 cm³/mol. The Balaban J connectivity index is 2.72. The Hall–Kier alpha value is -2.32. The second-order valence-corrected chi connectivity index (χ2v) is 4.90. The van der Waals surface area contributed by atoms with Crippen LogP contribution in [-0.2, 0) is 4.79 Å². The maximum absolute atomic E-state index is 12.0. The van der Waals surface area contributed by atoms with E-state index in [0.29, 0.717) is 12.1 Å². The quantitative estimate of drug-likeness (QED) is 0.617. The van der Waals surface area contributed by atoms with Gasteiger partial charge in [-0.1, -0.05) is 19.1 Å². The molecule has 0 heterocycles. The van der Waals surface area contributed by atoms with E-state index >= 15 is 0 Å². The molecule has 0 radical (unpaired) electrons. The predicted octanol–water partition coefficient (Wildman–Crippen LogP) is 1.76. The lowest BCUT2D eigenvalue weighted by Gasteiger charge is -2.23. The van der Waals surface area contributed by atoms with Gasteiger partial charge >= 0.3 is 0 Å². The number of nitriles is 1. The zero-order chi connectivity index (χ0) is 15.8. The first kappa shape index (κ1) is 16.7.